The maximum atomic E-state index is 14.4. The van der Waals surface area contributed by atoms with Crippen LogP contribution >= 0.6 is 0 Å². The minimum Gasteiger partial charge on any atom is -0.393 e. The average molecular weight is 611 g/mol. The first-order chi connectivity index (χ1) is 21.4. The number of benzene rings is 3. The number of piperidine rings is 1. The van der Waals surface area contributed by atoms with Gasteiger partial charge in [0.25, 0.3) is 0 Å². The van der Waals surface area contributed by atoms with Gasteiger partial charge in [0.1, 0.15) is 12.1 Å². The van der Waals surface area contributed by atoms with Gasteiger partial charge in [-0.25, -0.2) is 0 Å². The number of rotatable bonds is 11. The predicted molar refractivity (Wildman–Crippen MR) is 178 cm³/mol. The van der Waals surface area contributed by atoms with Gasteiger partial charge in [-0.15, -0.1) is 0 Å². The first-order valence-corrected chi connectivity index (χ1v) is 15.6. The van der Waals surface area contributed by atoms with Crippen molar-refractivity contribution in [3.05, 3.63) is 108 Å². The minimum atomic E-state index is -0.881. The first kappa shape index (κ1) is 33.6. The molecule has 2 atom stereocenters. The molecule has 3 aromatic rings. The van der Waals surface area contributed by atoms with E-state index in [4.69, 9.17) is 5.73 Å². The summed E-state index contributed by atoms with van der Waals surface area (Å²) in [4.78, 5) is 46.5. The lowest BCUT2D eigenvalue weighted by atomic mass is 9.97. The van der Waals surface area contributed by atoms with Crippen LogP contribution in [0.4, 0.5) is 0 Å². The molecule has 3 amide bonds. The van der Waals surface area contributed by atoms with E-state index in [9.17, 15) is 19.5 Å². The van der Waals surface area contributed by atoms with Crippen molar-refractivity contribution in [3.8, 4) is 11.1 Å². The molecule has 0 saturated carbocycles. The molecule has 1 aliphatic heterocycles. The smallest absolute Gasteiger partial charge is 0.250 e. The quantitative estimate of drug-likeness (QED) is 0.309. The molecule has 1 aliphatic rings. The van der Waals surface area contributed by atoms with E-state index in [-0.39, 0.29) is 24.1 Å². The molecule has 0 aromatic heterocycles. The third-order valence-corrected chi connectivity index (χ3v) is 8.35. The number of nitrogens with two attached hydrogens (primary N) is 1. The van der Waals surface area contributed by atoms with Gasteiger partial charge in [-0.1, -0.05) is 91.0 Å². The SMILES string of the molecule is CN(C(=O)[C@@H](Cc1ccc(-c2ccccc2)cc1)N(C)C(=O)/C=C/CC(C)(C)N)C(C(=O)N1CCC(O)CC1)c1ccccc1. The number of carbonyl (C=O) groups is 3. The lowest BCUT2D eigenvalue weighted by Gasteiger charge is -2.38. The summed E-state index contributed by atoms with van der Waals surface area (Å²) in [5.41, 5.74) is 9.35. The van der Waals surface area contributed by atoms with E-state index in [0.29, 0.717) is 37.9 Å². The van der Waals surface area contributed by atoms with E-state index >= 15 is 0 Å². The summed E-state index contributed by atoms with van der Waals surface area (Å²) in [6.45, 7) is 4.61. The van der Waals surface area contributed by atoms with Crippen molar-refractivity contribution in [3.63, 3.8) is 0 Å². The molecule has 8 nitrogen and oxygen atoms in total. The van der Waals surface area contributed by atoms with Gasteiger partial charge in [-0.05, 0) is 61.4 Å². The van der Waals surface area contributed by atoms with E-state index < -0.39 is 23.7 Å². The van der Waals surface area contributed by atoms with Crippen LogP contribution in [0.1, 0.15) is 50.3 Å². The van der Waals surface area contributed by atoms with Crippen molar-refractivity contribution in [1.82, 2.24) is 14.7 Å². The summed E-state index contributed by atoms with van der Waals surface area (Å²) in [6, 6.07) is 25.5. The van der Waals surface area contributed by atoms with Crippen LogP contribution in [-0.2, 0) is 20.8 Å². The topological polar surface area (TPSA) is 107 Å². The van der Waals surface area contributed by atoms with Gasteiger partial charge >= 0.3 is 0 Å². The summed E-state index contributed by atoms with van der Waals surface area (Å²) < 4.78 is 0. The molecule has 0 aliphatic carbocycles. The summed E-state index contributed by atoms with van der Waals surface area (Å²) in [6.07, 6.45) is 4.53. The van der Waals surface area contributed by atoms with Gasteiger partial charge in [0.05, 0.1) is 6.10 Å². The van der Waals surface area contributed by atoms with E-state index in [1.54, 1.807) is 25.1 Å². The summed E-state index contributed by atoms with van der Waals surface area (Å²) >= 11 is 0. The van der Waals surface area contributed by atoms with Gasteiger partial charge < -0.3 is 25.5 Å². The van der Waals surface area contributed by atoms with E-state index in [0.717, 1.165) is 16.7 Å². The van der Waals surface area contributed by atoms with Crippen molar-refractivity contribution in [2.75, 3.05) is 27.2 Å². The molecule has 0 spiro atoms. The molecular formula is C37H46N4O4. The molecule has 1 saturated heterocycles. The normalized spacial score (nSPS) is 15.5. The Morgan fingerprint density at radius 2 is 1.44 bits per heavy atom. The standard InChI is InChI=1S/C37H46N4O4/c1-37(2,38)23-11-16-33(43)39(3)32(26-27-17-19-29(20-18-27)28-12-7-5-8-13-28)35(44)40(4)34(30-14-9-6-10-15-30)36(45)41-24-21-31(42)22-25-41/h5-20,31-32,34,42H,21-26,38H2,1-4H3/b16-11+/t32-,34?/m1/s1. The maximum Gasteiger partial charge on any atom is 0.250 e. The molecule has 1 fully saturated rings. The molecule has 0 radical (unpaired) electrons. The molecule has 3 N–H and O–H groups in total. The van der Waals surface area contributed by atoms with E-state index in [1.165, 1.54) is 15.9 Å². The Balaban J connectivity index is 1.65. The van der Waals surface area contributed by atoms with E-state index in [2.05, 4.69) is 0 Å². The van der Waals surface area contributed by atoms with Gasteiger partial charge in [0.2, 0.25) is 17.7 Å². The average Bonchev–Trinajstić information content (AvgIpc) is 3.04. The van der Waals surface area contributed by atoms with Crippen LogP contribution in [0.15, 0.2) is 97.1 Å². The highest BCUT2D eigenvalue weighted by atomic mass is 16.3. The molecule has 3 aromatic carbocycles. The molecular weight excluding hydrogens is 564 g/mol. The Morgan fingerprint density at radius 1 is 0.889 bits per heavy atom. The summed E-state index contributed by atoms with van der Waals surface area (Å²) in [5, 5.41) is 10.0. The molecule has 238 valence electrons. The number of aliphatic hydroxyl groups is 1. The fourth-order valence-corrected chi connectivity index (χ4v) is 5.60. The Bertz CT molecular complexity index is 1440. The highest BCUT2D eigenvalue weighted by molar-refractivity contribution is 5.95. The lowest BCUT2D eigenvalue weighted by Crippen LogP contribution is -2.53. The van der Waals surface area contributed by atoms with Gasteiger partial charge in [0, 0.05) is 39.1 Å². The van der Waals surface area contributed by atoms with Crippen molar-refractivity contribution in [2.45, 2.75) is 63.3 Å². The van der Waals surface area contributed by atoms with Crippen molar-refractivity contribution < 1.29 is 19.5 Å². The third-order valence-electron chi connectivity index (χ3n) is 8.35. The monoisotopic (exact) mass is 610 g/mol. The van der Waals surface area contributed by atoms with E-state index in [1.807, 2.05) is 98.8 Å². The largest absolute Gasteiger partial charge is 0.393 e. The number of likely N-dealkylation sites (tertiary alicyclic amines) is 1. The molecule has 8 heteroatoms. The predicted octanol–water partition coefficient (Wildman–Crippen LogP) is 4.59. The highest BCUT2D eigenvalue weighted by Crippen LogP contribution is 2.27. The van der Waals surface area contributed by atoms with Gasteiger partial charge in [-0.3, -0.25) is 14.4 Å². The molecule has 45 heavy (non-hydrogen) atoms. The number of amides is 3. The number of nitrogens with zero attached hydrogens (tertiary/aromatic N) is 3. The Morgan fingerprint density at radius 3 is 2.02 bits per heavy atom. The maximum absolute atomic E-state index is 14.4. The Hall–Kier alpha value is -4.27. The molecule has 1 heterocycles. The van der Waals surface area contributed by atoms with Crippen LogP contribution in [0, 0.1) is 0 Å². The Kier molecular flexibility index (Phi) is 11.3. The number of likely N-dealkylation sites (N-methyl/N-ethyl adjacent to an activating group) is 2. The third kappa shape index (κ3) is 9.12. The zero-order chi connectivity index (χ0) is 32.6. The van der Waals surface area contributed by atoms with Crippen molar-refractivity contribution in [1.29, 1.82) is 0 Å². The number of hydrogen-bond acceptors (Lipinski definition) is 5. The number of aliphatic hydroxyl groups excluding tert-OH is 1. The molecule has 0 bridgehead atoms. The van der Waals surface area contributed by atoms with Gasteiger partial charge in [0.15, 0.2) is 0 Å². The summed E-state index contributed by atoms with van der Waals surface area (Å²) in [7, 11) is 3.26. The van der Waals surface area contributed by atoms with Crippen LogP contribution < -0.4 is 5.73 Å². The number of hydrogen-bond donors (Lipinski definition) is 2. The fourth-order valence-electron chi connectivity index (χ4n) is 5.60. The Labute approximate surface area is 267 Å². The fraction of sp³-hybridized carbons (Fsp3) is 0.378. The second kappa shape index (κ2) is 15.1. The zero-order valence-corrected chi connectivity index (χ0v) is 26.8. The lowest BCUT2D eigenvalue weighted by molar-refractivity contribution is -0.150. The second-order valence-electron chi connectivity index (χ2n) is 12.6. The van der Waals surface area contributed by atoms with Crippen molar-refractivity contribution >= 4 is 17.7 Å². The highest BCUT2D eigenvalue weighted by Gasteiger charge is 2.38. The molecule has 4 rings (SSSR count). The first-order valence-electron chi connectivity index (χ1n) is 15.6. The van der Waals surface area contributed by atoms with Crippen LogP contribution in [0.5, 0.6) is 0 Å². The number of carbonyl (C=O) groups excluding carboxylic acids is 3. The minimum absolute atomic E-state index is 0.200. The van der Waals surface area contributed by atoms with Crippen LogP contribution in [0.2, 0.25) is 0 Å². The molecule has 1 unspecified atom stereocenters. The van der Waals surface area contributed by atoms with Crippen LogP contribution in [-0.4, -0.2) is 82.4 Å². The summed E-state index contributed by atoms with van der Waals surface area (Å²) in [5.74, 6) is -0.863. The zero-order valence-electron chi connectivity index (χ0n) is 26.8. The van der Waals surface area contributed by atoms with Crippen molar-refractivity contribution in [2.24, 2.45) is 5.73 Å². The second-order valence-corrected chi connectivity index (χ2v) is 12.6. The van der Waals surface area contributed by atoms with Crippen LogP contribution in [0.3, 0.4) is 0 Å². The van der Waals surface area contributed by atoms with Crippen LogP contribution in [0.25, 0.3) is 11.1 Å². The van der Waals surface area contributed by atoms with Gasteiger partial charge in [-0.2, -0.15) is 0 Å².